The number of aromatic nitrogens is 4. The summed E-state index contributed by atoms with van der Waals surface area (Å²) < 4.78 is 3.67. The Morgan fingerprint density at radius 3 is 2.76 bits per heavy atom. The van der Waals surface area contributed by atoms with Crippen LogP contribution in [0, 0.1) is 6.92 Å². The molecule has 1 aliphatic heterocycles. The highest BCUT2D eigenvalue weighted by atomic mass is 16.3. The predicted molar refractivity (Wildman–Crippen MR) is 112 cm³/mol. The number of pyridine rings is 3. The van der Waals surface area contributed by atoms with Crippen molar-refractivity contribution in [2.75, 3.05) is 18.0 Å². The maximum Gasteiger partial charge on any atom is 0.260 e. The molecule has 0 aliphatic carbocycles. The van der Waals surface area contributed by atoms with Gasteiger partial charge >= 0.3 is 0 Å². The first kappa shape index (κ1) is 17.9. The molecule has 1 fully saturated rings. The molecule has 0 saturated carbocycles. The van der Waals surface area contributed by atoms with Gasteiger partial charge in [0.2, 0.25) is 0 Å². The molecule has 0 atom stereocenters. The molecule has 0 unspecified atom stereocenters. The fraction of sp³-hybridized carbons (Fsp3) is 0.318. The Kier molecular flexibility index (Phi) is 4.32. The molecular formula is C22H23N5O2. The van der Waals surface area contributed by atoms with E-state index in [-0.39, 0.29) is 11.7 Å². The normalized spacial score (nSPS) is 15.4. The molecule has 5 rings (SSSR count). The monoisotopic (exact) mass is 389 g/mol. The van der Waals surface area contributed by atoms with E-state index in [0.29, 0.717) is 11.9 Å². The molecule has 0 radical (unpaired) electrons. The Hall–Kier alpha value is -3.19. The molecule has 148 valence electrons. The van der Waals surface area contributed by atoms with Crippen molar-refractivity contribution in [1.29, 1.82) is 0 Å². The van der Waals surface area contributed by atoms with Crippen molar-refractivity contribution in [3.63, 3.8) is 0 Å². The number of piperidine rings is 1. The smallest absolute Gasteiger partial charge is 0.260 e. The Balaban J connectivity index is 1.50. The van der Waals surface area contributed by atoms with Gasteiger partial charge in [0.25, 0.3) is 5.56 Å². The van der Waals surface area contributed by atoms with Crippen LogP contribution in [0.2, 0.25) is 0 Å². The summed E-state index contributed by atoms with van der Waals surface area (Å²) in [4.78, 5) is 24.3. The van der Waals surface area contributed by atoms with Crippen LogP contribution < -0.4 is 10.5 Å². The van der Waals surface area contributed by atoms with Crippen LogP contribution in [0.1, 0.15) is 24.1 Å². The highest BCUT2D eigenvalue weighted by Gasteiger charge is 2.20. The van der Waals surface area contributed by atoms with E-state index >= 15 is 0 Å². The molecule has 4 aromatic rings. The van der Waals surface area contributed by atoms with Crippen molar-refractivity contribution >= 4 is 22.1 Å². The van der Waals surface area contributed by atoms with Gasteiger partial charge in [-0.3, -0.25) is 9.78 Å². The second-order valence-corrected chi connectivity index (χ2v) is 7.79. The Morgan fingerprint density at radius 2 is 1.93 bits per heavy atom. The number of aliphatic hydroxyl groups is 1. The minimum Gasteiger partial charge on any atom is -0.393 e. The van der Waals surface area contributed by atoms with Gasteiger partial charge in [-0.25, -0.2) is 4.98 Å². The standard InChI is InChI=1S/C22H23N5O2/c1-15-2-3-21-24-16(14-27(21)12-15)13-26-9-6-18-19(22(26)29)10-23-11-20(18)25-7-4-17(28)5-8-25/h2-3,6,9-12,14,17,28H,4-5,7-8,13H2,1H3. The second kappa shape index (κ2) is 7.00. The van der Waals surface area contributed by atoms with E-state index in [9.17, 15) is 9.90 Å². The van der Waals surface area contributed by atoms with Crippen molar-refractivity contribution in [3.05, 3.63) is 70.8 Å². The summed E-state index contributed by atoms with van der Waals surface area (Å²) in [5.74, 6) is 0. The minimum atomic E-state index is -0.236. The number of fused-ring (bicyclic) bond motifs is 2. The largest absolute Gasteiger partial charge is 0.393 e. The van der Waals surface area contributed by atoms with Gasteiger partial charge in [0.15, 0.2) is 0 Å². The van der Waals surface area contributed by atoms with Crippen LogP contribution in [0.15, 0.2) is 54.0 Å². The quantitative estimate of drug-likeness (QED) is 0.582. The van der Waals surface area contributed by atoms with Gasteiger partial charge in [0.1, 0.15) is 5.65 Å². The van der Waals surface area contributed by atoms with Crippen LogP contribution >= 0.6 is 0 Å². The Labute approximate surface area is 167 Å². The SMILES string of the molecule is Cc1ccc2nc(Cn3ccc4c(N5CCC(O)CC5)cncc4c3=O)cn2c1. The third kappa shape index (κ3) is 3.27. The number of anilines is 1. The van der Waals surface area contributed by atoms with Crippen LogP contribution in [-0.2, 0) is 6.54 Å². The van der Waals surface area contributed by atoms with Crippen molar-refractivity contribution in [1.82, 2.24) is 18.9 Å². The van der Waals surface area contributed by atoms with E-state index in [0.717, 1.165) is 53.9 Å². The zero-order chi connectivity index (χ0) is 20.0. The van der Waals surface area contributed by atoms with Gasteiger partial charge in [-0.1, -0.05) is 6.07 Å². The van der Waals surface area contributed by atoms with Crippen LogP contribution in [0.4, 0.5) is 5.69 Å². The zero-order valence-corrected chi connectivity index (χ0v) is 16.3. The van der Waals surface area contributed by atoms with Gasteiger partial charge in [-0.2, -0.15) is 0 Å². The average molecular weight is 389 g/mol. The van der Waals surface area contributed by atoms with Gasteiger partial charge in [-0.05, 0) is 37.5 Å². The van der Waals surface area contributed by atoms with Crippen LogP contribution in [-0.4, -0.2) is 43.2 Å². The minimum absolute atomic E-state index is 0.0675. The number of aliphatic hydroxyl groups excluding tert-OH is 1. The van der Waals surface area contributed by atoms with E-state index < -0.39 is 0 Å². The van der Waals surface area contributed by atoms with E-state index in [1.807, 2.05) is 54.3 Å². The molecule has 5 heterocycles. The summed E-state index contributed by atoms with van der Waals surface area (Å²) in [7, 11) is 0. The lowest BCUT2D eigenvalue weighted by Gasteiger charge is -2.31. The van der Waals surface area contributed by atoms with Crippen molar-refractivity contribution in [2.24, 2.45) is 0 Å². The molecule has 4 aromatic heterocycles. The lowest BCUT2D eigenvalue weighted by Crippen LogP contribution is -2.36. The van der Waals surface area contributed by atoms with Crippen LogP contribution in [0.3, 0.4) is 0 Å². The Bertz CT molecular complexity index is 1250. The number of hydrogen-bond donors (Lipinski definition) is 1. The maximum absolute atomic E-state index is 13.1. The highest BCUT2D eigenvalue weighted by molar-refractivity contribution is 5.92. The predicted octanol–water partition coefficient (Wildman–Crippen LogP) is 2.36. The third-order valence-electron chi connectivity index (χ3n) is 5.67. The summed E-state index contributed by atoms with van der Waals surface area (Å²) in [6, 6.07) is 5.99. The number of rotatable bonds is 3. The molecule has 29 heavy (non-hydrogen) atoms. The highest BCUT2D eigenvalue weighted by Crippen LogP contribution is 2.26. The van der Waals surface area contributed by atoms with E-state index in [2.05, 4.69) is 14.9 Å². The maximum atomic E-state index is 13.1. The molecule has 1 saturated heterocycles. The lowest BCUT2D eigenvalue weighted by atomic mass is 10.1. The molecule has 0 aromatic carbocycles. The van der Waals surface area contributed by atoms with Gasteiger partial charge < -0.3 is 19.0 Å². The number of nitrogens with zero attached hydrogens (tertiary/aromatic N) is 5. The molecule has 7 nitrogen and oxygen atoms in total. The summed E-state index contributed by atoms with van der Waals surface area (Å²) in [5.41, 5.74) is 3.76. The molecule has 7 heteroatoms. The van der Waals surface area contributed by atoms with Gasteiger partial charge in [-0.15, -0.1) is 0 Å². The first-order valence-electron chi connectivity index (χ1n) is 9.93. The molecule has 1 aliphatic rings. The van der Waals surface area contributed by atoms with Crippen molar-refractivity contribution in [2.45, 2.75) is 32.4 Å². The first-order valence-corrected chi connectivity index (χ1v) is 9.93. The third-order valence-corrected chi connectivity index (χ3v) is 5.67. The number of aryl methyl sites for hydroxylation is 1. The van der Waals surface area contributed by atoms with Gasteiger partial charge in [0, 0.05) is 43.3 Å². The van der Waals surface area contributed by atoms with Crippen molar-refractivity contribution < 1.29 is 5.11 Å². The van der Waals surface area contributed by atoms with Crippen LogP contribution in [0.5, 0.6) is 0 Å². The molecular weight excluding hydrogens is 366 g/mol. The summed E-state index contributed by atoms with van der Waals surface area (Å²) >= 11 is 0. The zero-order valence-electron chi connectivity index (χ0n) is 16.3. The molecule has 0 amide bonds. The fourth-order valence-electron chi connectivity index (χ4n) is 4.08. The van der Waals surface area contributed by atoms with E-state index in [1.54, 1.807) is 10.8 Å². The first-order chi connectivity index (χ1) is 14.1. The second-order valence-electron chi connectivity index (χ2n) is 7.79. The van der Waals surface area contributed by atoms with E-state index in [4.69, 9.17) is 0 Å². The van der Waals surface area contributed by atoms with E-state index in [1.165, 1.54) is 0 Å². The lowest BCUT2D eigenvalue weighted by molar-refractivity contribution is 0.145. The molecule has 0 spiro atoms. The Morgan fingerprint density at radius 1 is 1.10 bits per heavy atom. The number of imidazole rings is 1. The van der Waals surface area contributed by atoms with Crippen LogP contribution in [0.25, 0.3) is 16.4 Å². The fourth-order valence-corrected chi connectivity index (χ4v) is 4.08. The van der Waals surface area contributed by atoms with Crippen molar-refractivity contribution in [3.8, 4) is 0 Å². The number of hydrogen-bond acceptors (Lipinski definition) is 5. The molecule has 1 N–H and O–H groups in total. The summed E-state index contributed by atoms with van der Waals surface area (Å²) in [6.07, 6.45) is 10.5. The van der Waals surface area contributed by atoms with Gasteiger partial charge in [0.05, 0.1) is 35.6 Å². The molecule has 0 bridgehead atoms. The summed E-state index contributed by atoms with van der Waals surface area (Å²) in [6.45, 7) is 3.99. The topological polar surface area (TPSA) is 75.7 Å². The summed E-state index contributed by atoms with van der Waals surface area (Å²) in [5, 5.41) is 11.3. The average Bonchev–Trinajstić information content (AvgIpc) is 3.12.